The highest BCUT2D eigenvalue weighted by molar-refractivity contribution is 7.90. The predicted octanol–water partition coefficient (Wildman–Crippen LogP) is 1.96. The molecule has 1 N–H and O–H groups in total. The minimum Gasteiger partial charge on any atom is -0.493 e. The van der Waals surface area contributed by atoms with E-state index in [1.807, 2.05) is 0 Å². The Bertz CT molecular complexity index is 1220. The average Bonchev–Trinajstić information content (AvgIpc) is 2.82. The maximum atomic E-state index is 12.9. The van der Waals surface area contributed by atoms with Gasteiger partial charge in [0, 0.05) is 18.2 Å². The van der Waals surface area contributed by atoms with Crippen LogP contribution in [0, 0.1) is 11.5 Å². The molecule has 0 aliphatic heterocycles. The number of carbonyl (C=O) groups is 2. The van der Waals surface area contributed by atoms with Crippen LogP contribution < -0.4 is 19.5 Å². The number of carbonyl (C=O) groups excluding carboxylic acids is 2. The molecule has 10 nitrogen and oxygen atoms in total. The molecule has 2 aromatic rings. The first kappa shape index (κ1) is 27.3. The number of sulfone groups is 1. The van der Waals surface area contributed by atoms with Crippen molar-refractivity contribution in [2.24, 2.45) is 0 Å². The lowest BCUT2D eigenvalue weighted by Crippen LogP contribution is -2.50. The van der Waals surface area contributed by atoms with Gasteiger partial charge in [0.25, 0.3) is 11.8 Å². The molecule has 2 rings (SSSR count). The summed E-state index contributed by atoms with van der Waals surface area (Å²) in [6.45, 7) is -3.17. The molecule has 1 atom stereocenters. The van der Waals surface area contributed by atoms with E-state index >= 15 is 0 Å². The summed E-state index contributed by atoms with van der Waals surface area (Å²) in [6.07, 6.45) is 1.56. The monoisotopic (exact) mass is 511 g/mol. The van der Waals surface area contributed by atoms with Crippen molar-refractivity contribution in [1.29, 1.82) is 5.26 Å². The summed E-state index contributed by atoms with van der Waals surface area (Å²) in [5.74, 6) is -3.22. The lowest BCUT2D eigenvalue weighted by Gasteiger charge is -2.21. The van der Waals surface area contributed by atoms with Crippen LogP contribution in [0.5, 0.6) is 17.2 Å². The van der Waals surface area contributed by atoms with Gasteiger partial charge in [-0.3, -0.25) is 14.5 Å². The molecule has 0 aromatic heterocycles. The van der Waals surface area contributed by atoms with Gasteiger partial charge in [0.15, 0.2) is 27.5 Å². The van der Waals surface area contributed by atoms with Gasteiger partial charge >= 0.3 is 6.61 Å². The van der Waals surface area contributed by atoms with Gasteiger partial charge in [-0.05, 0) is 24.3 Å². The molecule has 0 fully saturated rings. The van der Waals surface area contributed by atoms with Crippen molar-refractivity contribution in [3.05, 3.63) is 53.6 Å². The second kappa shape index (κ2) is 12.0. The minimum atomic E-state index is -4.17. The lowest BCUT2D eigenvalue weighted by atomic mass is 10.1. The van der Waals surface area contributed by atoms with Crippen molar-refractivity contribution in [2.45, 2.75) is 18.4 Å². The molecule has 0 unspecified atom stereocenters. The van der Waals surface area contributed by atoms with Gasteiger partial charge in [-0.1, -0.05) is 18.2 Å². The van der Waals surface area contributed by atoms with Crippen molar-refractivity contribution < 1.29 is 41.0 Å². The molecule has 0 aliphatic carbocycles. The number of alkyl halides is 2. The highest BCUT2D eigenvalue weighted by Gasteiger charge is 2.31. The summed E-state index contributed by atoms with van der Waals surface area (Å²) >= 11 is 0. The third-order valence-electron chi connectivity index (χ3n) is 4.71. The normalized spacial score (nSPS) is 11.8. The summed E-state index contributed by atoms with van der Waals surface area (Å²) in [5, 5.41) is 11.4. The number of rotatable bonds is 11. The van der Waals surface area contributed by atoms with Gasteiger partial charge in [0.2, 0.25) is 0 Å². The highest BCUT2D eigenvalue weighted by atomic mass is 32.2. The Balaban J connectivity index is 2.31. The van der Waals surface area contributed by atoms with Gasteiger partial charge < -0.3 is 19.5 Å². The first-order valence-corrected chi connectivity index (χ1v) is 11.8. The Hall–Kier alpha value is -3.92. The Kier molecular flexibility index (Phi) is 9.35. The van der Waals surface area contributed by atoms with Crippen LogP contribution in [0.4, 0.5) is 8.78 Å². The third kappa shape index (κ3) is 7.54. The number of hydrogen-bond acceptors (Lipinski definition) is 8. The Morgan fingerprint density at radius 1 is 1.09 bits per heavy atom. The van der Waals surface area contributed by atoms with E-state index in [2.05, 4.69) is 10.1 Å². The molecule has 0 spiro atoms. The van der Waals surface area contributed by atoms with Crippen molar-refractivity contribution in [3.63, 3.8) is 0 Å². The van der Waals surface area contributed by atoms with Crippen LogP contribution in [0.1, 0.15) is 15.9 Å². The number of ether oxygens (including phenoxy) is 3. The molecule has 0 radical (unpaired) electrons. The van der Waals surface area contributed by atoms with Crippen molar-refractivity contribution >= 4 is 21.7 Å². The van der Waals surface area contributed by atoms with Crippen LogP contribution in [0.25, 0.3) is 0 Å². The number of benzene rings is 2. The first-order valence-electron chi connectivity index (χ1n) is 9.94. The fourth-order valence-corrected chi connectivity index (χ4v) is 4.62. The molecule has 2 amide bonds. The van der Waals surface area contributed by atoms with E-state index in [9.17, 15) is 26.8 Å². The Labute approximate surface area is 200 Å². The smallest absolute Gasteiger partial charge is 0.387 e. The topological polar surface area (TPSA) is 135 Å². The summed E-state index contributed by atoms with van der Waals surface area (Å²) in [7, 11) is -0.305. The molecular formula is C22H23F2N3O7S. The minimum absolute atomic E-state index is 0.0353. The van der Waals surface area contributed by atoms with Crippen LogP contribution in [0.2, 0.25) is 0 Å². The number of nitrogens with zero attached hydrogens (tertiary/aromatic N) is 2. The number of nitrogens with one attached hydrogen (secondary N) is 1. The van der Waals surface area contributed by atoms with E-state index in [0.29, 0.717) is 10.6 Å². The standard InChI is InChI=1S/C22H23F2N3O7S/c1-27(13-25)21(29)16(26-20(28)14-8-9-18(32-2)19(10-14)33-3)12-35(30,31)11-15-6-4-5-7-17(15)34-22(23)24/h4-10,16,22H,11-12H2,1-3H3,(H,26,28)/t16-/m0/s1. The number of nitriles is 1. The summed E-state index contributed by atoms with van der Waals surface area (Å²) in [4.78, 5) is 26.0. The van der Waals surface area contributed by atoms with Crippen LogP contribution in [0.15, 0.2) is 42.5 Å². The van der Waals surface area contributed by atoms with Gasteiger partial charge in [-0.2, -0.15) is 14.0 Å². The number of halogens is 2. The largest absolute Gasteiger partial charge is 0.493 e. The molecule has 13 heteroatoms. The van der Waals surface area contributed by atoms with E-state index < -0.39 is 45.8 Å². The summed E-state index contributed by atoms with van der Waals surface area (Å²) in [6, 6.07) is 7.81. The number of methoxy groups -OCH3 is 2. The number of para-hydroxylation sites is 1. The quantitative estimate of drug-likeness (QED) is 0.357. The predicted molar refractivity (Wildman–Crippen MR) is 120 cm³/mol. The highest BCUT2D eigenvalue weighted by Crippen LogP contribution is 2.27. The van der Waals surface area contributed by atoms with Crippen LogP contribution in [0.3, 0.4) is 0 Å². The van der Waals surface area contributed by atoms with E-state index in [0.717, 1.165) is 7.05 Å². The SMILES string of the molecule is COc1ccc(C(=O)N[C@@H](CS(=O)(=O)Cc2ccccc2OC(F)F)C(=O)N(C)C#N)cc1OC. The Morgan fingerprint density at radius 2 is 1.74 bits per heavy atom. The van der Waals surface area contributed by atoms with Crippen molar-refractivity contribution in [2.75, 3.05) is 27.0 Å². The van der Waals surface area contributed by atoms with E-state index in [-0.39, 0.29) is 22.6 Å². The molecular weight excluding hydrogens is 488 g/mol. The molecule has 0 heterocycles. The van der Waals surface area contributed by atoms with Gasteiger partial charge in [0.1, 0.15) is 11.8 Å². The molecule has 0 aliphatic rings. The maximum Gasteiger partial charge on any atom is 0.387 e. The van der Waals surface area contributed by atoms with Gasteiger partial charge in [0.05, 0.1) is 25.7 Å². The van der Waals surface area contributed by atoms with Gasteiger partial charge in [-0.15, -0.1) is 0 Å². The second-order valence-corrected chi connectivity index (χ2v) is 9.24. The Morgan fingerprint density at radius 3 is 2.34 bits per heavy atom. The van der Waals surface area contributed by atoms with Gasteiger partial charge in [-0.25, -0.2) is 8.42 Å². The number of hydrogen-bond donors (Lipinski definition) is 1. The van der Waals surface area contributed by atoms with Crippen LogP contribution >= 0.6 is 0 Å². The van der Waals surface area contributed by atoms with E-state index in [1.54, 1.807) is 6.19 Å². The molecule has 0 bridgehead atoms. The van der Waals surface area contributed by atoms with Crippen LogP contribution in [-0.2, 0) is 20.4 Å². The first-order chi connectivity index (χ1) is 16.5. The third-order valence-corrected chi connectivity index (χ3v) is 6.31. The van der Waals surface area contributed by atoms with E-state index in [1.165, 1.54) is 56.7 Å². The maximum absolute atomic E-state index is 12.9. The average molecular weight is 512 g/mol. The molecule has 2 aromatic carbocycles. The molecule has 188 valence electrons. The summed E-state index contributed by atoms with van der Waals surface area (Å²) in [5.41, 5.74) is -0.0213. The molecule has 0 saturated heterocycles. The fraction of sp³-hybridized carbons (Fsp3) is 0.318. The molecule has 0 saturated carbocycles. The van der Waals surface area contributed by atoms with Crippen LogP contribution in [-0.4, -0.2) is 64.8 Å². The lowest BCUT2D eigenvalue weighted by molar-refractivity contribution is -0.128. The summed E-state index contributed by atoms with van der Waals surface area (Å²) < 4.78 is 65.7. The molecule has 35 heavy (non-hydrogen) atoms. The number of likely N-dealkylation sites (N-methyl/N-ethyl adjacent to an activating group) is 1. The van der Waals surface area contributed by atoms with E-state index in [4.69, 9.17) is 14.7 Å². The zero-order valence-electron chi connectivity index (χ0n) is 19.0. The number of amides is 2. The fourth-order valence-electron chi connectivity index (χ4n) is 3.06. The van der Waals surface area contributed by atoms with Crippen molar-refractivity contribution in [3.8, 4) is 23.4 Å². The zero-order chi connectivity index (χ0) is 26.2. The van der Waals surface area contributed by atoms with Crippen molar-refractivity contribution in [1.82, 2.24) is 10.2 Å². The zero-order valence-corrected chi connectivity index (χ0v) is 19.8. The second-order valence-electron chi connectivity index (χ2n) is 7.13.